The van der Waals surface area contributed by atoms with Crippen molar-refractivity contribution in [1.82, 2.24) is 0 Å². The van der Waals surface area contributed by atoms with Gasteiger partial charge >= 0.3 is 0 Å². The van der Waals surface area contributed by atoms with Crippen LogP contribution in [-0.2, 0) is 6.42 Å². The van der Waals surface area contributed by atoms with Crippen molar-refractivity contribution in [3.05, 3.63) is 54.3 Å². The summed E-state index contributed by atoms with van der Waals surface area (Å²) in [6, 6.07) is 6.10. The van der Waals surface area contributed by atoms with E-state index in [2.05, 4.69) is 18.5 Å². The number of nitrogens with one attached hydrogen (secondary N) is 1. The molecular formula is C13H17NO. The van der Waals surface area contributed by atoms with Gasteiger partial charge < -0.3 is 10.4 Å². The molecule has 0 aliphatic heterocycles. The number of rotatable bonds is 5. The first kappa shape index (κ1) is 11.4. The number of aryl methyl sites for hydroxylation is 1. The van der Waals surface area contributed by atoms with Gasteiger partial charge in [-0.05, 0) is 18.6 Å². The van der Waals surface area contributed by atoms with Gasteiger partial charge in [0.1, 0.15) is 0 Å². The molecule has 0 aliphatic rings. The van der Waals surface area contributed by atoms with Crippen molar-refractivity contribution in [3.63, 3.8) is 0 Å². The molecule has 0 saturated carbocycles. The Morgan fingerprint density at radius 3 is 2.87 bits per heavy atom. The van der Waals surface area contributed by atoms with Crippen molar-refractivity contribution in [1.29, 1.82) is 0 Å². The minimum absolute atomic E-state index is 0.183. The molecule has 0 amide bonds. The summed E-state index contributed by atoms with van der Waals surface area (Å²) in [4.78, 5) is 0. The van der Waals surface area contributed by atoms with E-state index in [0.717, 1.165) is 11.3 Å². The van der Waals surface area contributed by atoms with E-state index in [0.29, 0.717) is 13.0 Å². The molecule has 80 valence electrons. The molecule has 0 saturated heterocycles. The Labute approximate surface area is 91.0 Å². The second kappa shape index (κ2) is 5.25. The molecule has 0 spiro atoms. The van der Waals surface area contributed by atoms with Gasteiger partial charge in [0.05, 0.1) is 5.76 Å². The molecule has 0 heterocycles. The summed E-state index contributed by atoms with van der Waals surface area (Å²) in [5, 5.41) is 12.4. The Bertz CT molecular complexity index is 369. The van der Waals surface area contributed by atoms with Crippen LogP contribution in [0.2, 0.25) is 0 Å². The zero-order chi connectivity index (χ0) is 11.3. The summed E-state index contributed by atoms with van der Waals surface area (Å²) in [5.74, 6) is 0.183. The Morgan fingerprint density at radius 2 is 2.27 bits per heavy atom. The number of benzene rings is 1. The summed E-state index contributed by atoms with van der Waals surface area (Å²) >= 11 is 0. The van der Waals surface area contributed by atoms with Crippen molar-refractivity contribution >= 4 is 5.69 Å². The molecule has 0 atom stereocenters. The molecule has 0 fully saturated rings. The van der Waals surface area contributed by atoms with Crippen molar-refractivity contribution < 1.29 is 5.11 Å². The van der Waals surface area contributed by atoms with Gasteiger partial charge in [-0.3, -0.25) is 0 Å². The topological polar surface area (TPSA) is 32.3 Å². The first-order chi connectivity index (χ1) is 7.13. The van der Waals surface area contributed by atoms with E-state index in [9.17, 15) is 5.11 Å². The van der Waals surface area contributed by atoms with Gasteiger partial charge in [-0.25, -0.2) is 0 Å². The maximum absolute atomic E-state index is 9.20. The lowest BCUT2D eigenvalue weighted by Gasteiger charge is -2.11. The molecule has 2 nitrogen and oxygen atoms in total. The zero-order valence-corrected chi connectivity index (χ0v) is 9.09. The molecule has 15 heavy (non-hydrogen) atoms. The highest BCUT2D eigenvalue weighted by Crippen LogP contribution is 2.19. The van der Waals surface area contributed by atoms with E-state index in [1.807, 2.05) is 25.1 Å². The van der Waals surface area contributed by atoms with Gasteiger partial charge in [-0.2, -0.15) is 0 Å². The van der Waals surface area contributed by atoms with Crippen molar-refractivity contribution in [2.75, 3.05) is 11.9 Å². The molecule has 0 aliphatic carbocycles. The maximum Gasteiger partial charge on any atom is 0.0895 e. The fourth-order valence-electron chi connectivity index (χ4n) is 1.44. The quantitative estimate of drug-likeness (QED) is 0.569. The van der Waals surface area contributed by atoms with E-state index < -0.39 is 0 Å². The van der Waals surface area contributed by atoms with Crippen molar-refractivity contribution in [2.45, 2.75) is 13.3 Å². The Balaban J connectivity index is 2.91. The smallest absolute Gasteiger partial charge is 0.0895 e. The first-order valence-electron chi connectivity index (χ1n) is 4.94. The van der Waals surface area contributed by atoms with Gasteiger partial charge in [0.15, 0.2) is 0 Å². The van der Waals surface area contributed by atoms with E-state index in [-0.39, 0.29) is 5.76 Å². The highest BCUT2D eigenvalue weighted by atomic mass is 16.3. The Kier molecular flexibility index (Phi) is 3.98. The Hall–Kier alpha value is -1.70. The summed E-state index contributed by atoms with van der Waals surface area (Å²) in [5.41, 5.74) is 3.26. The van der Waals surface area contributed by atoms with Crippen LogP contribution in [0.4, 0.5) is 5.69 Å². The predicted octanol–water partition coefficient (Wildman–Crippen LogP) is 3.21. The van der Waals surface area contributed by atoms with E-state index in [1.165, 1.54) is 5.56 Å². The summed E-state index contributed by atoms with van der Waals surface area (Å²) in [6.07, 6.45) is 2.29. The fourth-order valence-corrected chi connectivity index (χ4v) is 1.44. The third kappa shape index (κ3) is 3.50. The lowest BCUT2D eigenvalue weighted by Crippen LogP contribution is -2.02. The number of aliphatic hydroxyl groups excluding tert-OH is 1. The van der Waals surface area contributed by atoms with Crippen LogP contribution in [0.1, 0.15) is 11.1 Å². The molecule has 0 unspecified atom stereocenters. The van der Waals surface area contributed by atoms with Crippen LogP contribution in [-0.4, -0.2) is 11.7 Å². The molecule has 1 aromatic carbocycles. The van der Waals surface area contributed by atoms with Gasteiger partial charge in [0.2, 0.25) is 0 Å². The third-order valence-corrected chi connectivity index (χ3v) is 2.09. The summed E-state index contributed by atoms with van der Waals surface area (Å²) in [6.45, 7) is 9.91. The first-order valence-corrected chi connectivity index (χ1v) is 4.94. The number of hydrogen-bond donors (Lipinski definition) is 2. The third-order valence-electron chi connectivity index (χ3n) is 2.09. The van der Waals surface area contributed by atoms with Crippen molar-refractivity contribution in [2.24, 2.45) is 0 Å². The van der Waals surface area contributed by atoms with Crippen LogP contribution in [0.25, 0.3) is 0 Å². The number of aliphatic hydroxyl groups is 1. The summed E-state index contributed by atoms with van der Waals surface area (Å²) < 4.78 is 0. The van der Waals surface area contributed by atoms with Gasteiger partial charge in [0.25, 0.3) is 0 Å². The molecule has 1 rings (SSSR count). The second-order valence-electron chi connectivity index (χ2n) is 3.57. The van der Waals surface area contributed by atoms with E-state index >= 15 is 0 Å². The van der Waals surface area contributed by atoms with E-state index in [1.54, 1.807) is 6.08 Å². The largest absolute Gasteiger partial charge is 0.513 e. The molecule has 2 heteroatoms. The van der Waals surface area contributed by atoms with Crippen LogP contribution in [0.15, 0.2) is 43.2 Å². The number of hydrogen-bond acceptors (Lipinski definition) is 2. The molecule has 1 aromatic rings. The fraction of sp³-hybridized carbons (Fsp3) is 0.231. The standard InChI is InChI=1S/C13H17NO/c1-4-7-14-13-6-5-10(2)8-12(13)9-11(3)15/h4-6,8,14-15H,1,3,7,9H2,2H3. The summed E-state index contributed by atoms with van der Waals surface area (Å²) in [7, 11) is 0. The normalized spacial score (nSPS) is 9.67. The van der Waals surface area contributed by atoms with Crippen LogP contribution in [0.5, 0.6) is 0 Å². The van der Waals surface area contributed by atoms with Crippen LogP contribution < -0.4 is 5.32 Å². The molecule has 0 aromatic heterocycles. The number of allylic oxidation sites excluding steroid dienone is 1. The van der Waals surface area contributed by atoms with Gasteiger partial charge in [-0.1, -0.05) is 30.4 Å². The van der Waals surface area contributed by atoms with Gasteiger partial charge in [0, 0.05) is 18.7 Å². The van der Waals surface area contributed by atoms with Gasteiger partial charge in [-0.15, -0.1) is 6.58 Å². The molecule has 2 N–H and O–H groups in total. The average Bonchev–Trinajstić information content (AvgIpc) is 2.16. The Morgan fingerprint density at radius 1 is 1.53 bits per heavy atom. The van der Waals surface area contributed by atoms with Crippen LogP contribution in [0.3, 0.4) is 0 Å². The minimum atomic E-state index is 0.183. The van der Waals surface area contributed by atoms with Crippen LogP contribution >= 0.6 is 0 Å². The zero-order valence-electron chi connectivity index (χ0n) is 9.09. The predicted molar refractivity (Wildman–Crippen MR) is 65.3 cm³/mol. The SMILES string of the molecule is C=CCNc1ccc(C)cc1CC(=C)O. The van der Waals surface area contributed by atoms with Crippen LogP contribution in [0, 0.1) is 6.92 Å². The lowest BCUT2D eigenvalue weighted by molar-refractivity contribution is 0.402. The monoisotopic (exact) mass is 203 g/mol. The second-order valence-corrected chi connectivity index (χ2v) is 3.57. The minimum Gasteiger partial charge on any atom is -0.513 e. The highest BCUT2D eigenvalue weighted by molar-refractivity contribution is 5.54. The molecular weight excluding hydrogens is 186 g/mol. The average molecular weight is 203 g/mol. The van der Waals surface area contributed by atoms with Crippen molar-refractivity contribution in [3.8, 4) is 0 Å². The molecule has 0 radical (unpaired) electrons. The highest BCUT2D eigenvalue weighted by Gasteiger charge is 2.03. The number of anilines is 1. The maximum atomic E-state index is 9.20. The lowest BCUT2D eigenvalue weighted by atomic mass is 10.1. The van der Waals surface area contributed by atoms with E-state index in [4.69, 9.17) is 0 Å². The molecule has 0 bridgehead atoms.